The molecule has 2 rings (SSSR count). The number of aromatic nitrogens is 1. The van der Waals surface area contributed by atoms with Gasteiger partial charge in [0.2, 0.25) is 0 Å². The van der Waals surface area contributed by atoms with Crippen LogP contribution < -0.4 is 10.6 Å². The summed E-state index contributed by atoms with van der Waals surface area (Å²) >= 11 is 12.2. The quantitative estimate of drug-likeness (QED) is 0.605. The molecule has 1 atom stereocenters. The average Bonchev–Trinajstić information content (AvgIpc) is 2.83. The van der Waals surface area contributed by atoms with Gasteiger partial charge in [-0.25, -0.2) is 4.99 Å². The first-order valence-electron chi connectivity index (χ1n) is 7.84. The summed E-state index contributed by atoms with van der Waals surface area (Å²) in [5, 5.41) is 11.8. The molecule has 2 N–H and O–H groups in total. The van der Waals surface area contributed by atoms with Gasteiger partial charge in [0.05, 0.1) is 18.3 Å². The molecule has 1 aromatic carbocycles. The molecule has 0 fully saturated rings. The van der Waals surface area contributed by atoms with Crippen molar-refractivity contribution in [1.29, 1.82) is 0 Å². The number of nitrogens with one attached hydrogen (secondary N) is 2. The maximum Gasteiger partial charge on any atom is 0.192 e. The van der Waals surface area contributed by atoms with Gasteiger partial charge in [-0.2, -0.15) is 0 Å². The molecule has 0 aliphatic heterocycles. The fourth-order valence-corrected chi connectivity index (χ4v) is 2.91. The maximum absolute atomic E-state index is 6.28. The molecule has 1 unspecified atom stereocenters. The Labute approximate surface area is 152 Å². The standard InChI is InChI=1S/C17H22Cl2N4O/c1-5-20-17(21-9-15-11(3)23-24-12(15)4)22-10(2)14-7-6-13(18)8-16(14)19/h6-8,10H,5,9H2,1-4H3,(H2,20,21,22). The van der Waals surface area contributed by atoms with Crippen molar-refractivity contribution in [1.82, 2.24) is 15.8 Å². The minimum absolute atomic E-state index is 0.0164. The number of rotatable bonds is 5. The highest BCUT2D eigenvalue weighted by atomic mass is 35.5. The number of hydrogen-bond acceptors (Lipinski definition) is 3. The van der Waals surface area contributed by atoms with E-state index >= 15 is 0 Å². The van der Waals surface area contributed by atoms with Crippen molar-refractivity contribution in [3.63, 3.8) is 0 Å². The maximum atomic E-state index is 6.28. The summed E-state index contributed by atoms with van der Waals surface area (Å²) in [5.41, 5.74) is 2.83. The van der Waals surface area contributed by atoms with Crippen molar-refractivity contribution >= 4 is 29.2 Å². The second-order valence-corrected chi connectivity index (χ2v) is 6.37. The van der Waals surface area contributed by atoms with Crippen molar-refractivity contribution in [2.24, 2.45) is 4.99 Å². The molecule has 1 aromatic heterocycles. The van der Waals surface area contributed by atoms with E-state index in [0.29, 0.717) is 22.5 Å². The predicted octanol–water partition coefficient (Wildman–Crippen LogP) is 4.41. The lowest BCUT2D eigenvalue weighted by Gasteiger charge is -2.19. The van der Waals surface area contributed by atoms with E-state index in [-0.39, 0.29) is 6.04 Å². The summed E-state index contributed by atoms with van der Waals surface area (Å²) in [7, 11) is 0. The average molecular weight is 369 g/mol. The zero-order chi connectivity index (χ0) is 17.7. The molecular weight excluding hydrogens is 347 g/mol. The lowest BCUT2D eigenvalue weighted by atomic mass is 10.1. The van der Waals surface area contributed by atoms with Gasteiger partial charge >= 0.3 is 0 Å². The molecule has 130 valence electrons. The van der Waals surface area contributed by atoms with Gasteiger partial charge in [-0.1, -0.05) is 34.4 Å². The second-order valence-electron chi connectivity index (χ2n) is 5.53. The largest absolute Gasteiger partial charge is 0.361 e. The van der Waals surface area contributed by atoms with Crippen LogP contribution in [0.2, 0.25) is 10.0 Å². The van der Waals surface area contributed by atoms with Gasteiger partial charge < -0.3 is 15.2 Å². The summed E-state index contributed by atoms with van der Waals surface area (Å²) in [5.74, 6) is 1.50. The zero-order valence-corrected chi connectivity index (χ0v) is 15.8. The molecule has 5 nitrogen and oxygen atoms in total. The van der Waals surface area contributed by atoms with Crippen LogP contribution in [0.15, 0.2) is 27.7 Å². The first-order chi connectivity index (χ1) is 11.4. The van der Waals surface area contributed by atoms with Crippen molar-refractivity contribution < 1.29 is 4.52 Å². The topological polar surface area (TPSA) is 62.5 Å². The first-order valence-corrected chi connectivity index (χ1v) is 8.59. The smallest absolute Gasteiger partial charge is 0.192 e. The van der Waals surface area contributed by atoms with E-state index in [9.17, 15) is 0 Å². The van der Waals surface area contributed by atoms with E-state index in [0.717, 1.165) is 29.1 Å². The molecule has 0 radical (unpaired) electrons. The monoisotopic (exact) mass is 368 g/mol. The van der Waals surface area contributed by atoms with Gasteiger partial charge in [0.25, 0.3) is 0 Å². The molecule has 0 bridgehead atoms. The summed E-state index contributed by atoms with van der Waals surface area (Å²) in [6, 6.07) is 5.47. The lowest BCUT2D eigenvalue weighted by molar-refractivity contribution is 0.392. The van der Waals surface area contributed by atoms with Gasteiger partial charge in [0, 0.05) is 22.2 Å². The van der Waals surface area contributed by atoms with Gasteiger partial charge in [0.15, 0.2) is 5.96 Å². The van der Waals surface area contributed by atoms with Crippen LogP contribution in [0.4, 0.5) is 0 Å². The van der Waals surface area contributed by atoms with Crippen molar-refractivity contribution in [2.45, 2.75) is 40.3 Å². The Morgan fingerprint density at radius 3 is 2.67 bits per heavy atom. The second kappa shape index (κ2) is 8.40. The fraction of sp³-hybridized carbons (Fsp3) is 0.412. The van der Waals surface area contributed by atoms with Crippen LogP contribution in [0.3, 0.4) is 0 Å². The van der Waals surface area contributed by atoms with Crippen LogP contribution >= 0.6 is 23.2 Å². The Balaban J connectivity index is 2.14. The Kier molecular flexibility index (Phi) is 6.52. The SMILES string of the molecule is CCNC(=NCc1c(C)noc1C)NC(C)c1ccc(Cl)cc1Cl. The molecule has 0 spiro atoms. The molecule has 7 heteroatoms. The Morgan fingerprint density at radius 2 is 2.08 bits per heavy atom. The van der Waals surface area contributed by atoms with Crippen molar-refractivity contribution in [3.05, 3.63) is 50.8 Å². The molecule has 1 heterocycles. The van der Waals surface area contributed by atoms with Gasteiger partial charge in [-0.05, 0) is 45.4 Å². The van der Waals surface area contributed by atoms with Crippen LogP contribution in [-0.2, 0) is 6.54 Å². The molecule has 0 saturated carbocycles. The van der Waals surface area contributed by atoms with Crippen LogP contribution in [0.1, 0.15) is 42.5 Å². The molecule has 0 aliphatic rings. The van der Waals surface area contributed by atoms with E-state index in [2.05, 4.69) is 20.8 Å². The lowest BCUT2D eigenvalue weighted by Crippen LogP contribution is -2.38. The van der Waals surface area contributed by atoms with Gasteiger partial charge in [-0.15, -0.1) is 0 Å². The Bertz CT molecular complexity index is 708. The number of benzene rings is 1. The van der Waals surface area contributed by atoms with Gasteiger partial charge in [0.1, 0.15) is 5.76 Å². The summed E-state index contributed by atoms with van der Waals surface area (Å²) in [4.78, 5) is 4.62. The number of halogens is 2. The van der Waals surface area contributed by atoms with E-state index in [1.165, 1.54) is 0 Å². The summed E-state index contributed by atoms with van der Waals surface area (Å²) < 4.78 is 5.17. The highest BCUT2D eigenvalue weighted by molar-refractivity contribution is 6.35. The third kappa shape index (κ3) is 4.65. The van der Waals surface area contributed by atoms with E-state index < -0.39 is 0 Å². The Hall–Kier alpha value is -1.72. The van der Waals surface area contributed by atoms with E-state index in [1.807, 2.05) is 39.8 Å². The molecule has 24 heavy (non-hydrogen) atoms. The molecule has 0 saturated heterocycles. The predicted molar refractivity (Wildman–Crippen MR) is 98.8 cm³/mol. The molecular formula is C17H22Cl2N4O. The third-order valence-corrected chi connectivity index (χ3v) is 4.27. The van der Waals surface area contributed by atoms with Crippen LogP contribution in [0, 0.1) is 13.8 Å². The van der Waals surface area contributed by atoms with Crippen LogP contribution in [-0.4, -0.2) is 17.7 Å². The number of aliphatic imine (C=N–C) groups is 1. The summed E-state index contributed by atoms with van der Waals surface area (Å²) in [6.07, 6.45) is 0. The molecule has 0 amide bonds. The zero-order valence-electron chi connectivity index (χ0n) is 14.3. The van der Waals surface area contributed by atoms with Gasteiger partial charge in [-0.3, -0.25) is 0 Å². The van der Waals surface area contributed by atoms with E-state index in [1.54, 1.807) is 6.07 Å². The van der Waals surface area contributed by atoms with E-state index in [4.69, 9.17) is 27.7 Å². The molecule has 2 aromatic rings. The minimum atomic E-state index is -0.0164. The minimum Gasteiger partial charge on any atom is -0.361 e. The van der Waals surface area contributed by atoms with Crippen molar-refractivity contribution in [3.8, 4) is 0 Å². The third-order valence-electron chi connectivity index (χ3n) is 3.70. The Morgan fingerprint density at radius 1 is 1.33 bits per heavy atom. The fourth-order valence-electron chi connectivity index (χ4n) is 2.34. The van der Waals surface area contributed by atoms with Crippen molar-refractivity contribution in [2.75, 3.05) is 6.54 Å². The van der Waals surface area contributed by atoms with Crippen LogP contribution in [0.5, 0.6) is 0 Å². The van der Waals surface area contributed by atoms with Crippen LogP contribution in [0.25, 0.3) is 0 Å². The molecule has 0 aliphatic carbocycles. The number of guanidine groups is 1. The number of aryl methyl sites for hydroxylation is 2. The number of nitrogens with zero attached hydrogens (tertiary/aromatic N) is 2. The number of hydrogen-bond donors (Lipinski definition) is 2. The summed E-state index contributed by atoms with van der Waals surface area (Å²) in [6.45, 7) is 9.11. The highest BCUT2D eigenvalue weighted by Gasteiger charge is 2.13. The highest BCUT2D eigenvalue weighted by Crippen LogP contribution is 2.26. The normalized spacial score (nSPS) is 13.0. The first kappa shape index (κ1) is 18.6.